The van der Waals surface area contributed by atoms with Gasteiger partial charge >= 0.3 is 0 Å². The fraction of sp³-hybridized carbons (Fsp3) is 0.478. The van der Waals surface area contributed by atoms with Crippen molar-refractivity contribution in [2.75, 3.05) is 13.7 Å². The van der Waals surface area contributed by atoms with Crippen LogP contribution in [-0.2, 0) is 11.3 Å². The zero-order valence-corrected chi connectivity index (χ0v) is 16.8. The Labute approximate surface area is 158 Å². The van der Waals surface area contributed by atoms with Gasteiger partial charge in [0.25, 0.3) is 0 Å². The molecule has 0 fully saturated rings. The molecule has 142 valence electrons. The Balaban J connectivity index is 2.35. The molecule has 0 saturated heterocycles. The van der Waals surface area contributed by atoms with E-state index in [4.69, 9.17) is 4.74 Å². The largest absolute Gasteiger partial charge is 0.508 e. The summed E-state index contributed by atoms with van der Waals surface area (Å²) in [5, 5.41) is 10.6. The van der Waals surface area contributed by atoms with Crippen molar-refractivity contribution in [3.63, 3.8) is 0 Å². The van der Waals surface area contributed by atoms with Crippen molar-refractivity contribution in [3.05, 3.63) is 65.2 Å². The summed E-state index contributed by atoms with van der Waals surface area (Å²) in [6.07, 6.45) is 0.963. The SMILES string of the molecule is COCc1ccc(O)c([C@H](CCN(C(C)C)C(C)C)c2ccccc2)c1. The number of hydrogen-bond acceptors (Lipinski definition) is 3. The molecule has 0 amide bonds. The molecular weight excluding hydrogens is 322 g/mol. The zero-order chi connectivity index (χ0) is 19.1. The summed E-state index contributed by atoms with van der Waals surface area (Å²) < 4.78 is 5.28. The van der Waals surface area contributed by atoms with Gasteiger partial charge in [-0.1, -0.05) is 36.4 Å². The quantitative estimate of drug-likeness (QED) is 0.673. The number of hydrogen-bond donors (Lipinski definition) is 1. The minimum atomic E-state index is 0.160. The van der Waals surface area contributed by atoms with Gasteiger partial charge in [0.05, 0.1) is 6.61 Å². The molecule has 1 atom stereocenters. The number of phenols is 1. The normalized spacial score (nSPS) is 12.9. The van der Waals surface area contributed by atoms with E-state index in [0.717, 1.165) is 24.1 Å². The molecule has 2 aromatic carbocycles. The van der Waals surface area contributed by atoms with E-state index in [9.17, 15) is 5.11 Å². The predicted octanol–water partition coefficient (Wildman–Crippen LogP) is 5.18. The van der Waals surface area contributed by atoms with Gasteiger partial charge in [0, 0.05) is 30.7 Å². The number of phenolic OH excluding ortho intramolecular Hbond substituents is 1. The van der Waals surface area contributed by atoms with Crippen molar-refractivity contribution in [2.45, 2.75) is 58.7 Å². The Morgan fingerprint density at radius 2 is 1.62 bits per heavy atom. The topological polar surface area (TPSA) is 32.7 Å². The molecule has 3 nitrogen and oxygen atoms in total. The summed E-state index contributed by atoms with van der Waals surface area (Å²) in [6, 6.07) is 17.3. The van der Waals surface area contributed by atoms with E-state index < -0.39 is 0 Å². The van der Waals surface area contributed by atoms with Crippen LogP contribution in [0.3, 0.4) is 0 Å². The smallest absolute Gasteiger partial charge is 0.119 e. The number of ether oxygens (including phenoxy) is 1. The van der Waals surface area contributed by atoms with Gasteiger partial charge in [-0.25, -0.2) is 0 Å². The molecule has 0 heterocycles. The summed E-state index contributed by atoms with van der Waals surface area (Å²) in [6.45, 7) is 10.5. The van der Waals surface area contributed by atoms with Gasteiger partial charge in [-0.2, -0.15) is 0 Å². The molecule has 0 spiro atoms. The first-order chi connectivity index (χ1) is 12.4. The number of rotatable bonds is 9. The van der Waals surface area contributed by atoms with E-state index in [-0.39, 0.29) is 5.92 Å². The van der Waals surface area contributed by atoms with Crippen molar-refractivity contribution >= 4 is 0 Å². The van der Waals surface area contributed by atoms with Gasteiger partial charge in [-0.3, -0.25) is 4.90 Å². The Hall–Kier alpha value is -1.84. The summed E-state index contributed by atoms with van der Waals surface area (Å²) >= 11 is 0. The van der Waals surface area contributed by atoms with Gasteiger partial charge in [0.1, 0.15) is 5.75 Å². The Kier molecular flexibility index (Phi) is 7.67. The van der Waals surface area contributed by atoms with E-state index >= 15 is 0 Å². The van der Waals surface area contributed by atoms with E-state index in [1.807, 2.05) is 12.1 Å². The second kappa shape index (κ2) is 9.75. The lowest BCUT2D eigenvalue weighted by atomic mass is 9.86. The molecule has 0 aliphatic rings. The third-order valence-electron chi connectivity index (χ3n) is 4.98. The van der Waals surface area contributed by atoms with Gasteiger partial charge < -0.3 is 9.84 Å². The lowest BCUT2D eigenvalue weighted by Gasteiger charge is -2.32. The fourth-order valence-electron chi connectivity index (χ4n) is 3.72. The van der Waals surface area contributed by atoms with Gasteiger partial charge in [-0.15, -0.1) is 0 Å². The lowest BCUT2D eigenvalue weighted by molar-refractivity contribution is 0.170. The van der Waals surface area contributed by atoms with Crippen LogP contribution in [0.1, 0.15) is 56.7 Å². The first kappa shape index (κ1) is 20.5. The maximum Gasteiger partial charge on any atom is 0.119 e. The standard InChI is InChI=1S/C23H33NO2/c1-17(2)24(18(3)4)14-13-21(20-9-7-6-8-10-20)22-15-19(16-26-5)11-12-23(22)25/h6-12,15,17-18,21,25H,13-14,16H2,1-5H3/t21-/m1/s1. The number of benzene rings is 2. The summed E-state index contributed by atoms with van der Waals surface area (Å²) in [4.78, 5) is 2.51. The summed E-state index contributed by atoms with van der Waals surface area (Å²) in [7, 11) is 1.70. The van der Waals surface area contributed by atoms with Crippen LogP contribution in [0.25, 0.3) is 0 Å². The van der Waals surface area contributed by atoms with Gasteiger partial charge in [0.2, 0.25) is 0 Å². The first-order valence-electron chi connectivity index (χ1n) is 9.55. The highest BCUT2D eigenvalue weighted by Gasteiger charge is 2.21. The minimum absolute atomic E-state index is 0.160. The predicted molar refractivity (Wildman–Crippen MR) is 109 cm³/mol. The van der Waals surface area contributed by atoms with Crippen molar-refractivity contribution in [2.24, 2.45) is 0 Å². The van der Waals surface area contributed by atoms with Crippen LogP contribution in [0.15, 0.2) is 48.5 Å². The van der Waals surface area contributed by atoms with Gasteiger partial charge in [0.15, 0.2) is 0 Å². The van der Waals surface area contributed by atoms with E-state index in [1.165, 1.54) is 5.56 Å². The van der Waals surface area contributed by atoms with Crippen molar-refractivity contribution in [3.8, 4) is 5.75 Å². The van der Waals surface area contributed by atoms with Crippen LogP contribution >= 0.6 is 0 Å². The second-order valence-electron chi connectivity index (χ2n) is 7.50. The van der Waals surface area contributed by atoms with Crippen molar-refractivity contribution < 1.29 is 9.84 Å². The molecule has 0 radical (unpaired) electrons. The molecule has 2 aromatic rings. The molecule has 26 heavy (non-hydrogen) atoms. The van der Waals surface area contributed by atoms with Crippen LogP contribution in [-0.4, -0.2) is 35.7 Å². The molecule has 0 aliphatic carbocycles. The molecule has 0 aromatic heterocycles. The first-order valence-corrected chi connectivity index (χ1v) is 9.55. The summed E-state index contributed by atoms with van der Waals surface area (Å²) in [5.74, 6) is 0.521. The second-order valence-corrected chi connectivity index (χ2v) is 7.50. The third-order valence-corrected chi connectivity index (χ3v) is 4.98. The highest BCUT2D eigenvalue weighted by atomic mass is 16.5. The molecule has 2 rings (SSSR count). The zero-order valence-electron chi connectivity index (χ0n) is 16.8. The van der Waals surface area contributed by atoms with Crippen LogP contribution in [0, 0.1) is 0 Å². The average molecular weight is 356 g/mol. The lowest BCUT2D eigenvalue weighted by Crippen LogP contribution is -2.38. The molecule has 0 bridgehead atoms. The maximum atomic E-state index is 10.6. The molecule has 1 N–H and O–H groups in total. The Morgan fingerprint density at radius 1 is 0.962 bits per heavy atom. The molecule has 0 aliphatic heterocycles. The van der Waals surface area contributed by atoms with E-state index in [2.05, 4.69) is 62.9 Å². The van der Waals surface area contributed by atoms with Crippen LogP contribution in [0.2, 0.25) is 0 Å². The van der Waals surface area contributed by atoms with Crippen LogP contribution < -0.4 is 0 Å². The summed E-state index contributed by atoms with van der Waals surface area (Å²) in [5.41, 5.74) is 3.31. The minimum Gasteiger partial charge on any atom is -0.508 e. The molecule has 3 heteroatoms. The Bertz CT molecular complexity index is 659. The third kappa shape index (κ3) is 5.33. The highest BCUT2D eigenvalue weighted by Crippen LogP contribution is 2.35. The van der Waals surface area contributed by atoms with Gasteiger partial charge in [-0.05, 0) is 63.9 Å². The van der Waals surface area contributed by atoms with Crippen LogP contribution in [0.5, 0.6) is 5.75 Å². The highest BCUT2D eigenvalue weighted by molar-refractivity contribution is 5.43. The van der Waals surface area contributed by atoms with Crippen LogP contribution in [0.4, 0.5) is 0 Å². The monoisotopic (exact) mass is 355 g/mol. The maximum absolute atomic E-state index is 10.6. The number of aromatic hydroxyl groups is 1. The van der Waals surface area contributed by atoms with E-state index in [1.54, 1.807) is 13.2 Å². The van der Waals surface area contributed by atoms with Crippen molar-refractivity contribution in [1.82, 2.24) is 4.90 Å². The average Bonchev–Trinajstić information content (AvgIpc) is 2.61. The van der Waals surface area contributed by atoms with E-state index in [0.29, 0.717) is 24.4 Å². The number of nitrogens with zero attached hydrogens (tertiary/aromatic N) is 1. The Morgan fingerprint density at radius 3 is 2.19 bits per heavy atom. The molecule has 0 saturated carbocycles. The number of methoxy groups -OCH3 is 1. The molecular formula is C23H33NO2. The molecule has 0 unspecified atom stereocenters. The fourth-order valence-corrected chi connectivity index (χ4v) is 3.72. The van der Waals surface area contributed by atoms with Crippen molar-refractivity contribution in [1.29, 1.82) is 0 Å².